The number of rotatable bonds is 0. The van der Waals surface area contributed by atoms with E-state index in [4.69, 9.17) is 0 Å². The molecule has 0 aromatic rings. The Morgan fingerprint density at radius 3 is 1.67 bits per heavy atom. The van der Waals surface area contributed by atoms with Crippen molar-refractivity contribution in [3.63, 3.8) is 0 Å². The molecular weight excluding hydrogens is 110 g/mol. The highest BCUT2D eigenvalue weighted by Gasteiger charge is 2.27. The van der Waals surface area contributed by atoms with Crippen LogP contribution in [0.2, 0.25) is 0 Å². The summed E-state index contributed by atoms with van der Waals surface area (Å²) in [6.07, 6.45) is 0. The molecule has 2 unspecified atom stereocenters. The molecule has 1 heteroatoms. The molecule has 0 aromatic heterocycles. The van der Waals surface area contributed by atoms with Crippen LogP contribution in [0.15, 0.2) is 0 Å². The molecule has 1 aliphatic rings. The number of nitrogens with zero attached hydrogens (tertiary/aromatic N) is 1. The summed E-state index contributed by atoms with van der Waals surface area (Å²) in [6, 6.07) is 0.833. The fraction of sp³-hybridized carbons (Fsp3) is 1.00. The summed E-state index contributed by atoms with van der Waals surface area (Å²) in [6.45, 7) is 9.86. The van der Waals surface area contributed by atoms with E-state index in [2.05, 4.69) is 25.8 Å². The molecule has 0 aliphatic carbocycles. The van der Waals surface area contributed by atoms with Gasteiger partial charge in [-0.1, -0.05) is 20.8 Å². The van der Waals surface area contributed by atoms with Crippen molar-refractivity contribution in [2.75, 3.05) is 13.6 Å². The van der Waals surface area contributed by atoms with E-state index < -0.39 is 0 Å². The summed E-state index contributed by atoms with van der Waals surface area (Å²) >= 11 is 0. The van der Waals surface area contributed by atoms with Gasteiger partial charge in [-0.3, -0.25) is 0 Å². The Morgan fingerprint density at radius 1 is 1.22 bits per heavy atom. The fourth-order valence-corrected chi connectivity index (χ4v) is 1.07. The van der Waals surface area contributed by atoms with Gasteiger partial charge < -0.3 is 4.90 Å². The first-order valence-corrected chi connectivity index (χ1v) is 3.92. The molecule has 1 saturated heterocycles. The molecule has 0 bridgehead atoms. The monoisotopic (exact) mass is 129 g/mol. The Morgan fingerprint density at radius 2 is 1.67 bits per heavy atom. The Bertz CT molecular complexity index is 63.0. The van der Waals surface area contributed by atoms with Gasteiger partial charge in [0.25, 0.3) is 0 Å². The molecule has 0 saturated carbocycles. The van der Waals surface area contributed by atoms with E-state index in [0.29, 0.717) is 0 Å². The predicted octanol–water partition coefficient (Wildman–Crippen LogP) is 1.98. The average Bonchev–Trinajstić information content (AvgIpc) is 1.93. The van der Waals surface area contributed by atoms with Crippen LogP contribution in [-0.4, -0.2) is 24.5 Å². The van der Waals surface area contributed by atoms with Crippen molar-refractivity contribution < 1.29 is 0 Å². The van der Waals surface area contributed by atoms with Crippen LogP contribution >= 0.6 is 0 Å². The van der Waals surface area contributed by atoms with Gasteiger partial charge >= 0.3 is 0 Å². The summed E-state index contributed by atoms with van der Waals surface area (Å²) in [5.41, 5.74) is 0. The van der Waals surface area contributed by atoms with E-state index in [1.165, 1.54) is 6.54 Å². The zero-order valence-corrected chi connectivity index (χ0v) is 7.31. The lowest BCUT2D eigenvalue weighted by Gasteiger charge is -2.41. The van der Waals surface area contributed by atoms with Crippen LogP contribution in [0.4, 0.5) is 0 Å². The van der Waals surface area contributed by atoms with Crippen LogP contribution in [0.25, 0.3) is 0 Å². The molecule has 1 rings (SSSR count). The maximum Gasteiger partial charge on any atom is 0.0102 e. The third-order valence-electron chi connectivity index (χ3n) is 2.09. The van der Waals surface area contributed by atoms with Crippen LogP contribution in [0.1, 0.15) is 27.7 Å². The molecule has 0 amide bonds. The molecule has 2 atom stereocenters. The van der Waals surface area contributed by atoms with E-state index in [1.54, 1.807) is 0 Å². The van der Waals surface area contributed by atoms with E-state index in [1.807, 2.05) is 13.8 Å². The average molecular weight is 129 g/mol. The lowest BCUT2D eigenvalue weighted by molar-refractivity contribution is 0.0680. The molecule has 0 aromatic carbocycles. The topological polar surface area (TPSA) is 3.24 Å². The molecule has 9 heavy (non-hydrogen) atoms. The second kappa shape index (κ2) is 3.89. The van der Waals surface area contributed by atoms with E-state index in [-0.39, 0.29) is 0 Å². The van der Waals surface area contributed by atoms with Crippen LogP contribution < -0.4 is 0 Å². The van der Waals surface area contributed by atoms with E-state index >= 15 is 0 Å². The minimum Gasteiger partial charge on any atom is -0.303 e. The molecule has 1 fully saturated rings. The summed E-state index contributed by atoms with van der Waals surface area (Å²) in [5.74, 6) is 0.935. The molecular formula is C8H19N. The minimum absolute atomic E-state index is 0.833. The Hall–Kier alpha value is -0.0400. The zero-order chi connectivity index (χ0) is 7.44. The van der Waals surface area contributed by atoms with Gasteiger partial charge in [-0.15, -0.1) is 0 Å². The summed E-state index contributed by atoms with van der Waals surface area (Å²) < 4.78 is 0. The molecule has 1 nitrogen and oxygen atoms in total. The molecule has 1 heterocycles. The smallest absolute Gasteiger partial charge is 0.0102 e. The highest BCUT2D eigenvalue weighted by atomic mass is 15.2. The van der Waals surface area contributed by atoms with Gasteiger partial charge in [-0.2, -0.15) is 0 Å². The van der Waals surface area contributed by atoms with Crippen molar-refractivity contribution >= 4 is 0 Å². The minimum atomic E-state index is 0.833. The second-order valence-electron chi connectivity index (χ2n) is 2.66. The Balaban J connectivity index is 0.000000291. The zero-order valence-electron chi connectivity index (χ0n) is 7.31. The van der Waals surface area contributed by atoms with E-state index in [0.717, 1.165) is 12.0 Å². The molecule has 0 radical (unpaired) electrons. The first-order valence-electron chi connectivity index (χ1n) is 3.92. The molecule has 0 spiro atoms. The van der Waals surface area contributed by atoms with Crippen LogP contribution in [0.5, 0.6) is 0 Å². The third kappa shape index (κ3) is 1.98. The van der Waals surface area contributed by atoms with Gasteiger partial charge in [0.2, 0.25) is 0 Å². The molecule has 56 valence electrons. The van der Waals surface area contributed by atoms with Gasteiger partial charge in [0, 0.05) is 12.6 Å². The number of hydrogen-bond donors (Lipinski definition) is 0. The van der Waals surface area contributed by atoms with Crippen molar-refractivity contribution in [1.82, 2.24) is 4.90 Å². The first kappa shape index (κ1) is 8.96. The lowest BCUT2D eigenvalue weighted by Crippen LogP contribution is -2.50. The van der Waals surface area contributed by atoms with Crippen molar-refractivity contribution in [3.8, 4) is 0 Å². The van der Waals surface area contributed by atoms with Crippen molar-refractivity contribution in [2.45, 2.75) is 33.7 Å². The SMILES string of the molecule is CC.CC1CN(C)C1C. The Labute approximate surface area is 59.1 Å². The standard InChI is InChI=1S/C6H13N.C2H6/c1-5-4-7(3)6(5)2;1-2/h5-6H,4H2,1-3H3;1-2H3. The third-order valence-corrected chi connectivity index (χ3v) is 2.09. The van der Waals surface area contributed by atoms with Crippen LogP contribution in [0.3, 0.4) is 0 Å². The van der Waals surface area contributed by atoms with Crippen LogP contribution in [0, 0.1) is 5.92 Å². The van der Waals surface area contributed by atoms with Gasteiger partial charge in [0.15, 0.2) is 0 Å². The van der Waals surface area contributed by atoms with Gasteiger partial charge in [-0.25, -0.2) is 0 Å². The second-order valence-corrected chi connectivity index (χ2v) is 2.66. The van der Waals surface area contributed by atoms with Crippen LogP contribution in [-0.2, 0) is 0 Å². The number of likely N-dealkylation sites (tertiary alicyclic amines) is 1. The lowest BCUT2D eigenvalue weighted by atomic mass is 9.93. The quantitative estimate of drug-likeness (QED) is 0.483. The summed E-state index contributed by atoms with van der Waals surface area (Å²) in [4.78, 5) is 2.37. The van der Waals surface area contributed by atoms with Crippen molar-refractivity contribution in [1.29, 1.82) is 0 Å². The number of hydrogen-bond acceptors (Lipinski definition) is 1. The molecule has 0 N–H and O–H groups in total. The van der Waals surface area contributed by atoms with Gasteiger partial charge in [0.1, 0.15) is 0 Å². The maximum atomic E-state index is 2.37. The predicted molar refractivity (Wildman–Crippen MR) is 42.6 cm³/mol. The highest BCUT2D eigenvalue weighted by molar-refractivity contribution is 4.82. The van der Waals surface area contributed by atoms with Gasteiger partial charge in [-0.05, 0) is 19.9 Å². The fourth-order valence-electron chi connectivity index (χ4n) is 1.07. The summed E-state index contributed by atoms with van der Waals surface area (Å²) in [7, 11) is 2.17. The largest absolute Gasteiger partial charge is 0.303 e. The Kier molecular flexibility index (Phi) is 3.87. The maximum absolute atomic E-state index is 2.37. The molecule has 1 aliphatic heterocycles. The van der Waals surface area contributed by atoms with Gasteiger partial charge in [0.05, 0.1) is 0 Å². The van der Waals surface area contributed by atoms with Crippen molar-refractivity contribution in [3.05, 3.63) is 0 Å². The van der Waals surface area contributed by atoms with Crippen molar-refractivity contribution in [2.24, 2.45) is 5.92 Å². The normalized spacial score (nSPS) is 34.3. The van der Waals surface area contributed by atoms with E-state index in [9.17, 15) is 0 Å². The highest BCUT2D eigenvalue weighted by Crippen LogP contribution is 2.20. The first-order chi connectivity index (χ1) is 4.22. The summed E-state index contributed by atoms with van der Waals surface area (Å²) in [5, 5.41) is 0.